The Kier molecular flexibility index (Phi) is 7.42. The Morgan fingerprint density at radius 3 is 2.85 bits per heavy atom. The van der Waals surface area contributed by atoms with Gasteiger partial charge in [-0.25, -0.2) is 9.78 Å². The summed E-state index contributed by atoms with van der Waals surface area (Å²) in [4.78, 5) is 16.5. The molecule has 2 rings (SSSR count). The van der Waals surface area contributed by atoms with Crippen LogP contribution in [-0.4, -0.2) is 31.3 Å². The Morgan fingerprint density at radius 2 is 2.19 bits per heavy atom. The van der Waals surface area contributed by atoms with Gasteiger partial charge in [0.25, 0.3) is 0 Å². The summed E-state index contributed by atoms with van der Waals surface area (Å²) in [5, 5.41) is 13.6. The van der Waals surface area contributed by atoms with E-state index in [1.807, 2.05) is 19.1 Å². The average molecular weight is 412 g/mol. The average Bonchev–Trinajstić information content (AvgIpc) is 2.95. The van der Waals surface area contributed by atoms with Crippen molar-refractivity contribution >= 4 is 57.4 Å². The molecule has 1 N–H and O–H groups in total. The smallest absolute Gasteiger partial charge is 0.349 e. The number of ether oxygens (including phenoxy) is 2. The molecule has 136 valence electrons. The van der Waals surface area contributed by atoms with Crippen molar-refractivity contribution in [1.82, 2.24) is 4.98 Å². The van der Waals surface area contributed by atoms with Gasteiger partial charge in [0.2, 0.25) is 0 Å². The second-order valence-corrected chi connectivity index (χ2v) is 6.86. The summed E-state index contributed by atoms with van der Waals surface area (Å²) in [7, 11) is 1.49. The lowest BCUT2D eigenvalue weighted by Gasteiger charge is -2.04. The number of anilines is 2. The van der Waals surface area contributed by atoms with Gasteiger partial charge < -0.3 is 14.8 Å². The highest BCUT2D eigenvalue weighted by Gasteiger charge is 2.14. The number of halogens is 2. The maximum atomic E-state index is 11.9. The molecule has 0 bridgehead atoms. The van der Waals surface area contributed by atoms with E-state index in [0.29, 0.717) is 15.0 Å². The first-order valence-electron chi connectivity index (χ1n) is 7.42. The normalized spacial score (nSPS) is 11.1. The lowest BCUT2D eigenvalue weighted by Crippen LogP contribution is -2.11. The van der Waals surface area contributed by atoms with Crippen molar-refractivity contribution in [3.05, 3.63) is 44.4 Å². The van der Waals surface area contributed by atoms with Gasteiger partial charge in [0.05, 0.1) is 11.5 Å². The van der Waals surface area contributed by atoms with E-state index in [-0.39, 0.29) is 23.9 Å². The standard InChI is InChI=1S/C17H15Cl2N3O3S/c1-10-3-4-12(8-13(10)18)21-17-22-15(19)14(26-17)7-11(9-20)16(23)25-6-5-24-2/h3-4,7-8H,5-6H2,1-2H3,(H,21,22)/b11-7+. The number of hydrogen-bond acceptors (Lipinski definition) is 7. The second-order valence-electron chi connectivity index (χ2n) is 5.06. The predicted molar refractivity (Wildman–Crippen MR) is 103 cm³/mol. The minimum atomic E-state index is -0.742. The molecule has 0 spiro atoms. The number of nitrogens with one attached hydrogen (secondary N) is 1. The molecule has 0 aliphatic carbocycles. The van der Waals surface area contributed by atoms with E-state index in [4.69, 9.17) is 37.9 Å². The minimum absolute atomic E-state index is 0.0613. The van der Waals surface area contributed by atoms with Crippen LogP contribution < -0.4 is 5.32 Å². The van der Waals surface area contributed by atoms with Crippen molar-refractivity contribution in [3.63, 3.8) is 0 Å². The predicted octanol–water partition coefficient (Wildman–Crippen LogP) is 4.60. The number of methoxy groups -OCH3 is 1. The van der Waals surface area contributed by atoms with E-state index in [2.05, 4.69) is 10.3 Å². The third-order valence-electron chi connectivity index (χ3n) is 3.17. The van der Waals surface area contributed by atoms with Gasteiger partial charge in [-0.2, -0.15) is 5.26 Å². The highest BCUT2D eigenvalue weighted by molar-refractivity contribution is 7.17. The van der Waals surface area contributed by atoms with Crippen molar-refractivity contribution in [3.8, 4) is 6.07 Å². The van der Waals surface area contributed by atoms with Crippen molar-refractivity contribution in [2.45, 2.75) is 6.92 Å². The molecule has 0 saturated heterocycles. The molecule has 0 unspecified atom stereocenters. The van der Waals surface area contributed by atoms with Crippen molar-refractivity contribution in [2.75, 3.05) is 25.6 Å². The third-order valence-corrected chi connectivity index (χ3v) is 4.89. The minimum Gasteiger partial charge on any atom is -0.459 e. The number of carbonyl (C=O) groups excluding carboxylic acids is 1. The van der Waals surface area contributed by atoms with Crippen LogP contribution in [0, 0.1) is 18.3 Å². The van der Waals surface area contributed by atoms with E-state index in [1.54, 1.807) is 12.1 Å². The summed E-state index contributed by atoms with van der Waals surface area (Å²) in [6.45, 7) is 2.22. The lowest BCUT2D eigenvalue weighted by atomic mass is 10.2. The van der Waals surface area contributed by atoms with Gasteiger partial charge in [-0.3, -0.25) is 0 Å². The molecule has 1 aromatic carbocycles. The fourth-order valence-electron chi connectivity index (χ4n) is 1.81. The maximum absolute atomic E-state index is 11.9. The van der Waals surface area contributed by atoms with E-state index in [0.717, 1.165) is 11.3 Å². The molecule has 6 nitrogen and oxygen atoms in total. The lowest BCUT2D eigenvalue weighted by molar-refractivity contribution is -0.139. The van der Waals surface area contributed by atoms with Gasteiger partial charge in [0, 0.05) is 17.8 Å². The number of hydrogen-bond donors (Lipinski definition) is 1. The Bertz CT molecular complexity index is 875. The van der Waals surface area contributed by atoms with Gasteiger partial charge in [-0.1, -0.05) is 40.6 Å². The molecule has 26 heavy (non-hydrogen) atoms. The molecule has 2 aromatic rings. The van der Waals surface area contributed by atoms with Gasteiger partial charge in [0.1, 0.15) is 23.4 Å². The van der Waals surface area contributed by atoms with E-state index < -0.39 is 5.97 Å². The molecule has 0 atom stereocenters. The van der Waals surface area contributed by atoms with Crippen LogP contribution in [0.4, 0.5) is 10.8 Å². The number of aromatic nitrogens is 1. The number of rotatable bonds is 7. The zero-order valence-corrected chi connectivity index (χ0v) is 16.3. The molecule has 0 fully saturated rings. The number of nitrogens with zero attached hydrogens (tertiary/aromatic N) is 2. The molecule has 0 aliphatic heterocycles. The first-order chi connectivity index (χ1) is 12.4. The van der Waals surface area contributed by atoms with E-state index >= 15 is 0 Å². The van der Waals surface area contributed by atoms with Crippen LogP contribution in [0.1, 0.15) is 10.4 Å². The van der Waals surface area contributed by atoms with Crippen molar-refractivity contribution in [2.24, 2.45) is 0 Å². The highest BCUT2D eigenvalue weighted by atomic mass is 35.5. The van der Waals surface area contributed by atoms with Gasteiger partial charge in [-0.05, 0) is 30.7 Å². The van der Waals surface area contributed by atoms with Crippen LogP contribution >= 0.6 is 34.5 Å². The SMILES string of the molecule is COCCOC(=O)/C(C#N)=C/c1sc(Nc2ccc(C)c(Cl)c2)nc1Cl. The summed E-state index contributed by atoms with van der Waals surface area (Å²) in [6, 6.07) is 7.32. The molecule has 0 amide bonds. The van der Waals surface area contributed by atoms with Crippen molar-refractivity contribution in [1.29, 1.82) is 5.26 Å². The quantitative estimate of drug-likeness (QED) is 0.310. The Balaban J connectivity index is 2.16. The molecule has 1 aromatic heterocycles. The largest absolute Gasteiger partial charge is 0.459 e. The zero-order chi connectivity index (χ0) is 19.1. The monoisotopic (exact) mass is 411 g/mol. The Morgan fingerprint density at radius 1 is 1.42 bits per heavy atom. The Labute approximate surface area is 165 Å². The highest BCUT2D eigenvalue weighted by Crippen LogP contribution is 2.32. The first-order valence-corrected chi connectivity index (χ1v) is 8.99. The number of esters is 1. The van der Waals surface area contributed by atoms with Crippen LogP contribution in [-0.2, 0) is 14.3 Å². The molecule has 0 saturated carbocycles. The molecule has 1 heterocycles. The van der Waals surface area contributed by atoms with Crippen LogP contribution in [0.25, 0.3) is 6.08 Å². The fourth-order valence-corrected chi connectivity index (χ4v) is 3.12. The number of thiazole rings is 1. The topological polar surface area (TPSA) is 84.2 Å². The Hall–Kier alpha value is -2.11. The van der Waals surface area contributed by atoms with Crippen LogP contribution in [0.5, 0.6) is 0 Å². The molecular formula is C17H15Cl2N3O3S. The zero-order valence-electron chi connectivity index (χ0n) is 14.0. The summed E-state index contributed by atoms with van der Waals surface area (Å²) >= 11 is 13.4. The summed E-state index contributed by atoms with van der Waals surface area (Å²) in [5.41, 5.74) is 1.54. The summed E-state index contributed by atoms with van der Waals surface area (Å²) in [5.74, 6) is -0.742. The maximum Gasteiger partial charge on any atom is 0.349 e. The molecule has 0 aliphatic rings. The first kappa shape index (κ1) is 20.2. The molecule has 9 heteroatoms. The third kappa shape index (κ3) is 5.44. The van der Waals surface area contributed by atoms with Crippen LogP contribution in [0.3, 0.4) is 0 Å². The fraction of sp³-hybridized carbons (Fsp3) is 0.235. The number of benzene rings is 1. The van der Waals surface area contributed by atoms with E-state index in [1.165, 1.54) is 24.5 Å². The number of nitriles is 1. The molecule has 0 radical (unpaired) electrons. The van der Waals surface area contributed by atoms with Gasteiger partial charge >= 0.3 is 5.97 Å². The second kappa shape index (κ2) is 9.55. The van der Waals surface area contributed by atoms with Crippen molar-refractivity contribution < 1.29 is 14.3 Å². The summed E-state index contributed by atoms with van der Waals surface area (Å²) < 4.78 is 9.72. The van der Waals surface area contributed by atoms with Gasteiger partial charge in [0.15, 0.2) is 5.13 Å². The van der Waals surface area contributed by atoms with Crippen LogP contribution in [0.2, 0.25) is 10.2 Å². The molecular weight excluding hydrogens is 397 g/mol. The van der Waals surface area contributed by atoms with Crippen LogP contribution in [0.15, 0.2) is 23.8 Å². The van der Waals surface area contributed by atoms with E-state index in [9.17, 15) is 4.79 Å². The number of aryl methyl sites for hydroxylation is 1. The van der Waals surface area contributed by atoms with Gasteiger partial charge in [-0.15, -0.1) is 0 Å². The summed E-state index contributed by atoms with van der Waals surface area (Å²) in [6.07, 6.45) is 1.35. The number of carbonyl (C=O) groups is 1.